The molecular weight excluding hydrogens is 356 g/mol. The molecule has 0 aromatic heterocycles. The lowest BCUT2D eigenvalue weighted by molar-refractivity contribution is -0.143. The number of carboxylic acid groups (broad SMARTS) is 1. The fourth-order valence-corrected chi connectivity index (χ4v) is 4.33. The number of benzene rings is 1. The van der Waals surface area contributed by atoms with Crippen molar-refractivity contribution in [3.8, 4) is 0 Å². The molecule has 28 heavy (non-hydrogen) atoms. The molecule has 6 heteroatoms. The number of carboxylic acids is 1. The summed E-state index contributed by atoms with van der Waals surface area (Å²) in [5, 5.41) is 12.0. The molecule has 0 spiro atoms. The minimum Gasteiger partial charge on any atom is -0.481 e. The number of aliphatic carboxylic acids is 1. The zero-order chi connectivity index (χ0) is 20.3. The van der Waals surface area contributed by atoms with E-state index < -0.39 is 5.97 Å². The van der Waals surface area contributed by atoms with Gasteiger partial charge in [-0.15, -0.1) is 0 Å². The largest absolute Gasteiger partial charge is 0.481 e. The fourth-order valence-electron chi connectivity index (χ4n) is 4.33. The number of carbonyl (C=O) groups excluding carboxylic acids is 2. The fraction of sp³-hybridized carbons (Fsp3) is 0.591. The number of hydrogen-bond acceptors (Lipinski definition) is 3. The summed E-state index contributed by atoms with van der Waals surface area (Å²) in [4.78, 5) is 38.3. The molecule has 152 valence electrons. The molecule has 2 amide bonds. The minimum atomic E-state index is -0.766. The first-order valence-electron chi connectivity index (χ1n) is 10.3. The summed E-state index contributed by atoms with van der Waals surface area (Å²) in [5.74, 6) is -0.707. The first-order valence-corrected chi connectivity index (χ1v) is 10.3. The quantitative estimate of drug-likeness (QED) is 0.826. The van der Waals surface area contributed by atoms with Crippen molar-refractivity contribution in [3.05, 3.63) is 29.3 Å². The lowest BCUT2D eigenvalue weighted by Gasteiger charge is -2.31. The Labute approximate surface area is 166 Å². The van der Waals surface area contributed by atoms with Crippen LogP contribution in [0.1, 0.15) is 61.4 Å². The van der Waals surface area contributed by atoms with Crippen LogP contribution in [0, 0.1) is 24.7 Å². The molecule has 3 rings (SSSR count). The van der Waals surface area contributed by atoms with Crippen molar-refractivity contribution in [2.24, 2.45) is 17.8 Å². The van der Waals surface area contributed by atoms with Crippen molar-refractivity contribution in [2.75, 3.05) is 18.4 Å². The van der Waals surface area contributed by atoms with Crippen LogP contribution in [-0.2, 0) is 9.59 Å². The monoisotopic (exact) mass is 386 g/mol. The number of carbonyl (C=O) groups is 3. The van der Waals surface area contributed by atoms with Crippen molar-refractivity contribution in [1.29, 1.82) is 0 Å². The number of likely N-dealkylation sites (tertiary alicyclic amines) is 1. The molecule has 2 fully saturated rings. The molecule has 1 aliphatic carbocycles. The van der Waals surface area contributed by atoms with Crippen LogP contribution < -0.4 is 5.32 Å². The van der Waals surface area contributed by atoms with Gasteiger partial charge in [-0.05, 0) is 75.1 Å². The molecular formula is C22H30N2O4. The van der Waals surface area contributed by atoms with Gasteiger partial charge >= 0.3 is 5.97 Å². The van der Waals surface area contributed by atoms with E-state index in [9.17, 15) is 14.4 Å². The van der Waals surface area contributed by atoms with E-state index in [-0.39, 0.29) is 23.7 Å². The van der Waals surface area contributed by atoms with Crippen molar-refractivity contribution < 1.29 is 19.5 Å². The van der Waals surface area contributed by atoms with Gasteiger partial charge in [-0.25, -0.2) is 0 Å². The van der Waals surface area contributed by atoms with Crippen molar-refractivity contribution in [1.82, 2.24) is 4.90 Å². The van der Waals surface area contributed by atoms with Gasteiger partial charge in [-0.1, -0.05) is 6.92 Å². The summed E-state index contributed by atoms with van der Waals surface area (Å²) in [6.45, 7) is 5.68. The second kappa shape index (κ2) is 8.76. The Hall–Kier alpha value is -2.37. The van der Waals surface area contributed by atoms with Crippen LogP contribution in [-0.4, -0.2) is 40.9 Å². The third-order valence-corrected chi connectivity index (χ3v) is 6.12. The highest BCUT2D eigenvalue weighted by molar-refractivity contribution is 5.97. The number of aryl methyl sites for hydroxylation is 1. The highest BCUT2D eigenvalue weighted by atomic mass is 16.4. The average molecular weight is 386 g/mol. The molecule has 6 nitrogen and oxygen atoms in total. The maximum Gasteiger partial charge on any atom is 0.306 e. The Balaban J connectivity index is 1.60. The van der Waals surface area contributed by atoms with Gasteiger partial charge in [0.1, 0.15) is 0 Å². The SMILES string of the molecule is Cc1cc(C(=O)N2CCCC(C)C2)ccc1NC(=O)C1CCC(C(=O)O)CC1. The molecule has 0 radical (unpaired) electrons. The van der Waals surface area contributed by atoms with Crippen LogP contribution in [0.3, 0.4) is 0 Å². The number of amides is 2. The molecule has 1 unspecified atom stereocenters. The van der Waals surface area contributed by atoms with Gasteiger partial charge in [0.05, 0.1) is 5.92 Å². The Morgan fingerprint density at radius 1 is 1.07 bits per heavy atom. The lowest BCUT2D eigenvalue weighted by Crippen LogP contribution is -2.39. The highest BCUT2D eigenvalue weighted by Crippen LogP contribution is 2.30. The zero-order valence-corrected chi connectivity index (χ0v) is 16.7. The molecule has 1 aromatic rings. The minimum absolute atomic E-state index is 0.0551. The van der Waals surface area contributed by atoms with Gasteiger partial charge in [0, 0.05) is 30.3 Å². The van der Waals surface area contributed by atoms with Crippen LogP contribution in [0.15, 0.2) is 18.2 Å². The number of hydrogen-bond donors (Lipinski definition) is 2. The van der Waals surface area contributed by atoms with Gasteiger partial charge in [-0.3, -0.25) is 14.4 Å². The van der Waals surface area contributed by atoms with E-state index in [4.69, 9.17) is 5.11 Å². The topological polar surface area (TPSA) is 86.7 Å². The standard InChI is InChI=1S/C22H30N2O4/c1-14-4-3-11-24(13-14)21(26)18-9-10-19(15(2)12-18)23-20(25)16-5-7-17(8-6-16)22(27)28/h9-10,12,14,16-17H,3-8,11,13H2,1-2H3,(H,23,25)(H,27,28). The number of nitrogens with one attached hydrogen (secondary N) is 1. The Bertz CT molecular complexity index is 753. The Kier molecular flexibility index (Phi) is 6.37. The zero-order valence-electron chi connectivity index (χ0n) is 16.7. The van der Waals surface area contributed by atoms with E-state index in [1.807, 2.05) is 17.9 Å². The van der Waals surface area contributed by atoms with E-state index >= 15 is 0 Å². The van der Waals surface area contributed by atoms with Crippen LogP contribution in [0.5, 0.6) is 0 Å². The van der Waals surface area contributed by atoms with Crippen molar-refractivity contribution >= 4 is 23.5 Å². The lowest BCUT2D eigenvalue weighted by atomic mass is 9.81. The molecule has 1 saturated heterocycles. The van der Waals surface area contributed by atoms with Gasteiger partial charge in [-0.2, -0.15) is 0 Å². The number of rotatable bonds is 4. The highest BCUT2D eigenvalue weighted by Gasteiger charge is 2.30. The molecule has 1 aliphatic heterocycles. The van der Waals surface area contributed by atoms with Crippen molar-refractivity contribution in [3.63, 3.8) is 0 Å². The first-order chi connectivity index (χ1) is 13.3. The van der Waals surface area contributed by atoms with Gasteiger partial charge in [0.15, 0.2) is 0 Å². The number of piperidine rings is 1. The van der Waals surface area contributed by atoms with E-state index in [0.717, 1.165) is 25.1 Å². The summed E-state index contributed by atoms with van der Waals surface area (Å²) >= 11 is 0. The maximum atomic E-state index is 12.8. The molecule has 2 N–H and O–H groups in total. The van der Waals surface area contributed by atoms with E-state index in [1.165, 1.54) is 6.42 Å². The van der Waals surface area contributed by atoms with Crippen LogP contribution in [0.25, 0.3) is 0 Å². The molecule has 1 aromatic carbocycles. The molecule has 1 heterocycles. The molecule has 2 aliphatic rings. The number of nitrogens with zero attached hydrogens (tertiary/aromatic N) is 1. The van der Waals surface area contributed by atoms with Crippen LogP contribution in [0.2, 0.25) is 0 Å². The normalized spacial score (nSPS) is 25.2. The summed E-state index contributed by atoms with van der Waals surface area (Å²) in [6, 6.07) is 5.43. The Morgan fingerprint density at radius 2 is 1.75 bits per heavy atom. The second-order valence-electron chi connectivity index (χ2n) is 8.40. The third kappa shape index (κ3) is 4.72. The van der Waals surface area contributed by atoms with E-state index in [0.29, 0.717) is 42.9 Å². The van der Waals surface area contributed by atoms with E-state index in [1.54, 1.807) is 12.1 Å². The summed E-state index contributed by atoms with van der Waals surface area (Å²) in [7, 11) is 0. The van der Waals surface area contributed by atoms with Crippen LogP contribution in [0.4, 0.5) is 5.69 Å². The predicted octanol–water partition coefficient (Wildman–Crippen LogP) is 3.70. The average Bonchev–Trinajstić information content (AvgIpc) is 2.69. The van der Waals surface area contributed by atoms with E-state index in [2.05, 4.69) is 12.2 Å². The second-order valence-corrected chi connectivity index (χ2v) is 8.40. The first kappa shape index (κ1) is 20.4. The van der Waals surface area contributed by atoms with Gasteiger partial charge in [0.2, 0.25) is 5.91 Å². The smallest absolute Gasteiger partial charge is 0.306 e. The van der Waals surface area contributed by atoms with Gasteiger partial charge in [0.25, 0.3) is 5.91 Å². The van der Waals surface area contributed by atoms with Gasteiger partial charge < -0.3 is 15.3 Å². The number of anilines is 1. The molecule has 0 bridgehead atoms. The summed E-state index contributed by atoms with van der Waals surface area (Å²) in [5.41, 5.74) is 2.24. The maximum absolute atomic E-state index is 12.8. The van der Waals surface area contributed by atoms with Crippen molar-refractivity contribution in [2.45, 2.75) is 52.4 Å². The summed E-state index contributed by atoms with van der Waals surface area (Å²) < 4.78 is 0. The third-order valence-electron chi connectivity index (χ3n) is 6.12. The summed E-state index contributed by atoms with van der Waals surface area (Å²) in [6.07, 6.45) is 4.52. The molecule has 1 atom stereocenters. The molecule has 1 saturated carbocycles. The van der Waals surface area contributed by atoms with Crippen LogP contribution >= 0.6 is 0 Å². The Morgan fingerprint density at radius 3 is 2.36 bits per heavy atom. The predicted molar refractivity (Wildman–Crippen MR) is 107 cm³/mol.